The van der Waals surface area contributed by atoms with Crippen molar-refractivity contribution >= 4 is 22.5 Å². The van der Waals surface area contributed by atoms with Crippen LogP contribution in [0.15, 0.2) is 29.1 Å². The van der Waals surface area contributed by atoms with Crippen molar-refractivity contribution in [2.45, 2.75) is 26.7 Å². The third-order valence-electron chi connectivity index (χ3n) is 3.22. The zero-order chi connectivity index (χ0) is 15.4. The van der Waals surface area contributed by atoms with E-state index in [-0.39, 0.29) is 24.0 Å². The Balaban J connectivity index is 2.34. The highest BCUT2D eigenvalue weighted by molar-refractivity contribution is 5.94. The van der Waals surface area contributed by atoms with Crippen molar-refractivity contribution in [3.05, 3.63) is 40.2 Å². The van der Waals surface area contributed by atoms with Crippen molar-refractivity contribution in [2.75, 3.05) is 18.5 Å². The largest absolute Gasteiger partial charge is 0.372 e. The average Bonchev–Trinajstić information content (AvgIpc) is 2.43. The molecule has 5 nitrogen and oxygen atoms in total. The lowest BCUT2D eigenvalue weighted by Gasteiger charge is -2.11. The molecule has 0 fully saturated rings. The molecule has 0 aliphatic carbocycles. The molecule has 0 saturated heterocycles. The first kappa shape index (κ1) is 15.3. The molecule has 0 bridgehead atoms. The molecule has 1 aromatic carbocycles. The highest BCUT2D eigenvalue weighted by Crippen LogP contribution is 2.24. The molecule has 2 N–H and O–H groups in total. The van der Waals surface area contributed by atoms with Crippen LogP contribution in [0, 0.1) is 0 Å². The summed E-state index contributed by atoms with van der Waals surface area (Å²) in [5.41, 5.74) is 2.23. The second-order valence-corrected chi connectivity index (χ2v) is 5.19. The minimum absolute atomic E-state index is 0.0249. The Morgan fingerprint density at radius 2 is 2.10 bits per heavy atom. The summed E-state index contributed by atoms with van der Waals surface area (Å²) < 4.78 is 5.05. The summed E-state index contributed by atoms with van der Waals surface area (Å²) >= 11 is 0. The predicted octanol–water partition coefficient (Wildman–Crippen LogP) is 2.63. The maximum Gasteiger partial charge on any atom is 0.250 e. The molecule has 0 aliphatic heterocycles. The van der Waals surface area contributed by atoms with E-state index in [4.69, 9.17) is 4.74 Å². The molecule has 1 aromatic heterocycles. The van der Waals surface area contributed by atoms with Gasteiger partial charge >= 0.3 is 0 Å². The number of anilines is 1. The number of aromatic amines is 1. The third kappa shape index (κ3) is 3.70. The highest BCUT2D eigenvalue weighted by Gasteiger charge is 2.09. The van der Waals surface area contributed by atoms with Crippen LogP contribution in [0.3, 0.4) is 0 Å². The SMILES string of the molecule is CCOCC(=O)Nc1ccc2c(C(C)C)cc(=O)[nH]c2c1. The Kier molecular flexibility index (Phi) is 4.75. The van der Waals surface area contributed by atoms with Gasteiger partial charge in [0.25, 0.3) is 0 Å². The molecule has 1 heterocycles. The van der Waals surface area contributed by atoms with E-state index in [1.165, 1.54) is 0 Å². The van der Waals surface area contributed by atoms with Crippen molar-refractivity contribution in [1.29, 1.82) is 0 Å². The van der Waals surface area contributed by atoms with E-state index in [2.05, 4.69) is 10.3 Å². The topological polar surface area (TPSA) is 71.2 Å². The number of carbonyl (C=O) groups is 1. The van der Waals surface area contributed by atoms with Crippen molar-refractivity contribution in [3.8, 4) is 0 Å². The zero-order valence-corrected chi connectivity index (χ0v) is 12.5. The normalized spacial score (nSPS) is 11.0. The van der Waals surface area contributed by atoms with Crippen molar-refractivity contribution in [2.24, 2.45) is 0 Å². The highest BCUT2D eigenvalue weighted by atomic mass is 16.5. The summed E-state index contributed by atoms with van der Waals surface area (Å²) in [5.74, 6) is 0.0479. The number of fused-ring (bicyclic) bond motifs is 1. The van der Waals surface area contributed by atoms with Crippen LogP contribution < -0.4 is 10.9 Å². The van der Waals surface area contributed by atoms with Gasteiger partial charge in [0.2, 0.25) is 11.5 Å². The van der Waals surface area contributed by atoms with Gasteiger partial charge in [-0.05, 0) is 30.5 Å². The van der Waals surface area contributed by atoms with Gasteiger partial charge < -0.3 is 15.0 Å². The smallest absolute Gasteiger partial charge is 0.250 e. The third-order valence-corrected chi connectivity index (χ3v) is 3.22. The predicted molar refractivity (Wildman–Crippen MR) is 83.8 cm³/mol. The van der Waals surface area contributed by atoms with Crippen LogP contribution >= 0.6 is 0 Å². The maximum atomic E-state index is 11.7. The molecule has 112 valence electrons. The number of pyridine rings is 1. The number of hydrogen-bond acceptors (Lipinski definition) is 3. The van der Waals surface area contributed by atoms with Crippen LogP contribution in [-0.2, 0) is 9.53 Å². The molecule has 5 heteroatoms. The molecule has 0 unspecified atom stereocenters. The van der Waals surface area contributed by atoms with Crippen molar-refractivity contribution in [3.63, 3.8) is 0 Å². The number of aromatic nitrogens is 1. The van der Waals surface area contributed by atoms with E-state index in [0.717, 1.165) is 16.5 Å². The second kappa shape index (κ2) is 6.54. The maximum absolute atomic E-state index is 11.7. The lowest BCUT2D eigenvalue weighted by atomic mass is 9.99. The summed E-state index contributed by atoms with van der Waals surface area (Å²) in [7, 11) is 0. The molecule has 0 spiro atoms. The summed E-state index contributed by atoms with van der Waals surface area (Å²) in [6.45, 7) is 6.45. The van der Waals surface area contributed by atoms with Crippen LogP contribution in [0.4, 0.5) is 5.69 Å². The summed E-state index contributed by atoms with van der Waals surface area (Å²) in [6, 6.07) is 7.14. The Morgan fingerprint density at radius 1 is 1.33 bits per heavy atom. The lowest BCUT2D eigenvalue weighted by molar-refractivity contribution is -0.120. The summed E-state index contributed by atoms with van der Waals surface area (Å²) in [4.78, 5) is 26.2. The van der Waals surface area contributed by atoms with Gasteiger partial charge in [0, 0.05) is 23.7 Å². The van der Waals surface area contributed by atoms with Crippen LogP contribution in [-0.4, -0.2) is 24.1 Å². The standard InChI is InChI=1S/C16H20N2O3/c1-4-21-9-16(20)17-11-5-6-12-13(10(2)3)8-15(19)18-14(12)7-11/h5-8,10H,4,9H2,1-3H3,(H,17,20)(H,18,19). The zero-order valence-electron chi connectivity index (χ0n) is 12.5. The van der Waals surface area contributed by atoms with Crippen LogP contribution in [0.5, 0.6) is 0 Å². The monoisotopic (exact) mass is 288 g/mol. The molecule has 2 aromatic rings. The number of nitrogens with one attached hydrogen (secondary N) is 2. The number of benzene rings is 1. The van der Waals surface area contributed by atoms with Gasteiger partial charge in [-0.25, -0.2) is 0 Å². The first-order valence-corrected chi connectivity index (χ1v) is 7.06. The molecule has 0 atom stereocenters. The van der Waals surface area contributed by atoms with E-state index < -0.39 is 0 Å². The molecule has 2 rings (SSSR count). The van der Waals surface area contributed by atoms with E-state index in [9.17, 15) is 9.59 Å². The molecule has 1 amide bonds. The summed E-state index contributed by atoms with van der Waals surface area (Å²) in [5, 5.41) is 3.74. The summed E-state index contributed by atoms with van der Waals surface area (Å²) in [6.07, 6.45) is 0. The van der Waals surface area contributed by atoms with E-state index >= 15 is 0 Å². The first-order chi connectivity index (χ1) is 10.0. The fraction of sp³-hybridized carbons (Fsp3) is 0.375. The van der Waals surface area contributed by atoms with Gasteiger partial charge in [-0.15, -0.1) is 0 Å². The van der Waals surface area contributed by atoms with E-state index in [1.807, 2.05) is 32.9 Å². The van der Waals surface area contributed by atoms with Crippen molar-refractivity contribution in [1.82, 2.24) is 4.98 Å². The lowest BCUT2D eigenvalue weighted by Crippen LogP contribution is -2.18. The molecule has 21 heavy (non-hydrogen) atoms. The fourth-order valence-electron chi connectivity index (χ4n) is 2.23. The molecule has 0 radical (unpaired) electrons. The first-order valence-electron chi connectivity index (χ1n) is 7.06. The Hall–Kier alpha value is -2.14. The van der Waals surface area contributed by atoms with Crippen LogP contribution in [0.2, 0.25) is 0 Å². The van der Waals surface area contributed by atoms with Crippen molar-refractivity contribution < 1.29 is 9.53 Å². The molecule has 0 saturated carbocycles. The fourth-order valence-corrected chi connectivity index (χ4v) is 2.23. The number of hydrogen-bond donors (Lipinski definition) is 2. The van der Waals surface area contributed by atoms with Gasteiger partial charge in [-0.1, -0.05) is 19.9 Å². The second-order valence-electron chi connectivity index (χ2n) is 5.19. The Bertz CT molecular complexity index is 704. The van der Waals surface area contributed by atoms with E-state index in [0.29, 0.717) is 12.3 Å². The quantitative estimate of drug-likeness (QED) is 0.888. The van der Waals surface area contributed by atoms with Gasteiger partial charge in [0.05, 0.1) is 5.52 Å². The molecular weight excluding hydrogens is 268 g/mol. The molecular formula is C16H20N2O3. The number of amides is 1. The van der Waals surface area contributed by atoms with Crippen LogP contribution in [0.1, 0.15) is 32.3 Å². The number of H-pyrrole nitrogens is 1. The van der Waals surface area contributed by atoms with Gasteiger partial charge in [0.15, 0.2) is 0 Å². The Labute approximate surface area is 123 Å². The molecule has 0 aliphatic rings. The minimum Gasteiger partial charge on any atom is -0.372 e. The number of ether oxygens (including phenoxy) is 1. The van der Waals surface area contributed by atoms with Gasteiger partial charge in [0.1, 0.15) is 6.61 Å². The Morgan fingerprint density at radius 3 is 2.76 bits per heavy atom. The van der Waals surface area contributed by atoms with E-state index in [1.54, 1.807) is 12.1 Å². The van der Waals surface area contributed by atoms with Gasteiger partial charge in [-0.3, -0.25) is 9.59 Å². The van der Waals surface area contributed by atoms with Crippen LogP contribution in [0.25, 0.3) is 10.9 Å². The minimum atomic E-state index is -0.210. The van der Waals surface area contributed by atoms with Gasteiger partial charge in [-0.2, -0.15) is 0 Å². The number of carbonyl (C=O) groups excluding carboxylic acids is 1. The number of rotatable bonds is 5. The average molecular weight is 288 g/mol.